The third-order valence-electron chi connectivity index (χ3n) is 2.65. The Morgan fingerprint density at radius 3 is 2.44 bits per heavy atom. The van der Waals surface area contributed by atoms with E-state index in [9.17, 15) is 15.0 Å². The Bertz CT molecular complexity index is 602. The molecule has 2 rings (SSSR count). The van der Waals surface area contributed by atoms with E-state index in [1.807, 2.05) is 0 Å². The summed E-state index contributed by atoms with van der Waals surface area (Å²) >= 11 is 5.90. The first kappa shape index (κ1) is 12.8. The van der Waals surface area contributed by atoms with Crippen LogP contribution in [-0.4, -0.2) is 32.4 Å². The minimum absolute atomic E-state index is 0.227. The molecule has 0 aliphatic carbocycles. The number of aromatic nitrogens is 1. The summed E-state index contributed by atoms with van der Waals surface area (Å²) in [5.41, 5.74) is 0.227. The molecule has 6 heteroatoms. The molecule has 94 valence electrons. The van der Waals surface area contributed by atoms with Crippen LogP contribution in [0.4, 0.5) is 0 Å². The fourth-order valence-electron chi connectivity index (χ4n) is 1.72. The summed E-state index contributed by atoms with van der Waals surface area (Å²) in [4.78, 5) is 14.5. The number of pyridine rings is 1. The van der Waals surface area contributed by atoms with Gasteiger partial charge in [0.05, 0.1) is 0 Å². The summed E-state index contributed by atoms with van der Waals surface area (Å²) in [6.07, 6.45) is -2.20. The Labute approximate surface area is 107 Å². The van der Waals surface area contributed by atoms with E-state index in [1.165, 1.54) is 6.20 Å². The molecule has 0 aliphatic heterocycles. The number of carboxylic acids is 1. The van der Waals surface area contributed by atoms with Crippen molar-refractivity contribution in [3.8, 4) is 0 Å². The SMILES string of the molecule is O=C(O)C(O)C(O)c1cnc(Cl)c2ccccc12. The average molecular weight is 268 g/mol. The van der Waals surface area contributed by atoms with E-state index >= 15 is 0 Å². The number of aliphatic carboxylic acids is 1. The number of halogens is 1. The second-order valence-electron chi connectivity index (χ2n) is 3.78. The van der Waals surface area contributed by atoms with Crippen molar-refractivity contribution in [3.63, 3.8) is 0 Å². The Morgan fingerprint density at radius 1 is 1.22 bits per heavy atom. The molecule has 18 heavy (non-hydrogen) atoms. The second kappa shape index (κ2) is 4.89. The van der Waals surface area contributed by atoms with Gasteiger partial charge < -0.3 is 15.3 Å². The van der Waals surface area contributed by atoms with Crippen molar-refractivity contribution < 1.29 is 20.1 Å². The fourth-order valence-corrected chi connectivity index (χ4v) is 1.93. The van der Waals surface area contributed by atoms with E-state index in [-0.39, 0.29) is 10.7 Å². The number of carboxylic acid groups (broad SMARTS) is 1. The lowest BCUT2D eigenvalue weighted by Crippen LogP contribution is -2.27. The Morgan fingerprint density at radius 2 is 1.83 bits per heavy atom. The monoisotopic (exact) mass is 267 g/mol. The van der Waals surface area contributed by atoms with Crippen molar-refractivity contribution in [1.82, 2.24) is 4.98 Å². The lowest BCUT2D eigenvalue weighted by atomic mass is 10.00. The quantitative estimate of drug-likeness (QED) is 0.731. The normalized spacial score (nSPS) is 14.4. The third kappa shape index (κ3) is 2.15. The lowest BCUT2D eigenvalue weighted by molar-refractivity contribution is -0.153. The molecule has 1 aromatic carbocycles. The number of hydrogen-bond donors (Lipinski definition) is 3. The number of aliphatic hydroxyl groups is 2. The molecule has 0 saturated carbocycles. The number of nitrogens with zero attached hydrogens (tertiary/aromatic N) is 1. The molecular weight excluding hydrogens is 258 g/mol. The van der Waals surface area contributed by atoms with E-state index in [1.54, 1.807) is 24.3 Å². The molecule has 1 aromatic heterocycles. The molecule has 0 amide bonds. The van der Waals surface area contributed by atoms with Gasteiger partial charge in [-0.15, -0.1) is 0 Å². The Kier molecular flexibility index (Phi) is 3.47. The van der Waals surface area contributed by atoms with Crippen LogP contribution >= 0.6 is 11.6 Å². The van der Waals surface area contributed by atoms with Gasteiger partial charge in [-0.05, 0) is 5.39 Å². The largest absolute Gasteiger partial charge is 0.479 e. The highest BCUT2D eigenvalue weighted by atomic mass is 35.5. The maximum Gasteiger partial charge on any atom is 0.335 e. The number of carbonyl (C=O) groups is 1. The van der Waals surface area contributed by atoms with Crippen LogP contribution in [0.2, 0.25) is 5.15 Å². The van der Waals surface area contributed by atoms with Gasteiger partial charge in [0.1, 0.15) is 11.3 Å². The third-order valence-corrected chi connectivity index (χ3v) is 2.95. The first-order valence-electron chi connectivity index (χ1n) is 5.14. The van der Waals surface area contributed by atoms with Gasteiger partial charge in [0.25, 0.3) is 0 Å². The van der Waals surface area contributed by atoms with Crippen molar-refractivity contribution in [2.45, 2.75) is 12.2 Å². The molecular formula is C12H10ClNO4. The Hall–Kier alpha value is -1.69. The van der Waals surface area contributed by atoms with Gasteiger partial charge in [-0.1, -0.05) is 35.9 Å². The van der Waals surface area contributed by atoms with Gasteiger partial charge >= 0.3 is 5.97 Å². The lowest BCUT2D eigenvalue weighted by Gasteiger charge is -2.16. The number of fused-ring (bicyclic) bond motifs is 1. The summed E-state index contributed by atoms with van der Waals surface area (Å²) in [7, 11) is 0. The summed E-state index contributed by atoms with van der Waals surface area (Å²) in [5, 5.41) is 29.3. The molecule has 3 N–H and O–H groups in total. The highest BCUT2D eigenvalue weighted by Gasteiger charge is 2.27. The van der Waals surface area contributed by atoms with Crippen molar-refractivity contribution in [2.24, 2.45) is 0 Å². The highest BCUT2D eigenvalue weighted by Crippen LogP contribution is 2.29. The van der Waals surface area contributed by atoms with Crippen LogP contribution < -0.4 is 0 Å². The summed E-state index contributed by atoms with van der Waals surface area (Å²) < 4.78 is 0. The molecule has 0 saturated heterocycles. The summed E-state index contributed by atoms with van der Waals surface area (Å²) in [6, 6.07) is 6.85. The maximum absolute atomic E-state index is 10.7. The molecule has 2 unspecified atom stereocenters. The number of aliphatic hydroxyl groups excluding tert-OH is 2. The fraction of sp³-hybridized carbons (Fsp3) is 0.167. The van der Waals surface area contributed by atoms with Crippen molar-refractivity contribution >= 4 is 28.3 Å². The molecule has 2 atom stereocenters. The predicted molar refractivity (Wildman–Crippen MR) is 65.4 cm³/mol. The Balaban J connectivity index is 2.58. The predicted octanol–water partition coefficient (Wildman–Crippen LogP) is 1.37. The number of rotatable bonds is 3. The standard InChI is InChI=1S/C12H10ClNO4/c13-11-7-4-2-1-3-6(7)8(5-14-11)9(15)10(16)12(17)18/h1-5,9-10,15-16H,(H,17,18). The van der Waals surface area contributed by atoms with E-state index in [2.05, 4.69) is 4.98 Å². The number of benzene rings is 1. The van der Waals surface area contributed by atoms with Crippen molar-refractivity contribution in [1.29, 1.82) is 0 Å². The first-order chi connectivity index (χ1) is 8.52. The van der Waals surface area contributed by atoms with Crippen LogP contribution in [-0.2, 0) is 4.79 Å². The molecule has 0 spiro atoms. The maximum atomic E-state index is 10.7. The van der Waals surface area contributed by atoms with Gasteiger partial charge in [0.15, 0.2) is 6.10 Å². The van der Waals surface area contributed by atoms with Gasteiger partial charge in [-0.25, -0.2) is 9.78 Å². The van der Waals surface area contributed by atoms with Gasteiger partial charge in [-0.3, -0.25) is 0 Å². The van der Waals surface area contributed by atoms with Crippen LogP contribution in [0.3, 0.4) is 0 Å². The molecule has 0 aliphatic rings. The van der Waals surface area contributed by atoms with E-state index in [4.69, 9.17) is 16.7 Å². The molecule has 2 aromatic rings. The van der Waals surface area contributed by atoms with E-state index in [0.717, 1.165) is 0 Å². The molecule has 5 nitrogen and oxygen atoms in total. The van der Waals surface area contributed by atoms with Crippen LogP contribution in [0.15, 0.2) is 30.5 Å². The minimum Gasteiger partial charge on any atom is -0.479 e. The van der Waals surface area contributed by atoms with Crippen LogP contribution in [0.1, 0.15) is 11.7 Å². The molecule has 0 bridgehead atoms. The topological polar surface area (TPSA) is 90.7 Å². The first-order valence-corrected chi connectivity index (χ1v) is 5.52. The smallest absolute Gasteiger partial charge is 0.335 e. The minimum atomic E-state index is -1.91. The summed E-state index contributed by atoms with van der Waals surface area (Å²) in [5.74, 6) is -1.50. The van der Waals surface area contributed by atoms with Crippen molar-refractivity contribution in [2.75, 3.05) is 0 Å². The van der Waals surface area contributed by atoms with Crippen LogP contribution in [0.25, 0.3) is 10.8 Å². The molecule has 0 fully saturated rings. The van der Waals surface area contributed by atoms with E-state index < -0.39 is 18.2 Å². The molecule has 0 radical (unpaired) electrons. The molecule has 1 heterocycles. The zero-order valence-corrected chi connectivity index (χ0v) is 9.87. The number of hydrogen-bond acceptors (Lipinski definition) is 4. The van der Waals surface area contributed by atoms with Crippen LogP contribution in [0, 0.1) is 0 Å². The zero-order valence-electron chi connectivity index (χ0n) is 9.12. The van der Waals surface area contributed by atoms with E-state index in [0.29, 0.717) is 10.8 Å². The van der Waals surface area contributed by atoms with Gasteiger partial charge in [0, 0.05) is 17.1 Å². The van der Waals surface area contributed by atoms with Crippen molar-refractivity contribution in [3.05, 3.63) is 41.2 Å². The van der Waals surface area contributed by atoms with Gasteiger partial charge in [0.2, 0.25) is 0 Å². The average Bonchev–Trinajstić information content (AvgIpc) is 2.38. The highest BCUT2D eigenvalue weighted by molar-refractivity contribution is 6.34. The van der Waals surface area contributed by atoms with Crippen LogP contribution in [0.5, 0.6) is 0 Å². The van der Waals surface area contributed by atoms with Gasteiger partial charge in [-0.2, -0.15) is 0 Å². The zero-order chi connectivity index (χ0) is 13.3. The summed E-state index contributed by atoms with van der Waals surface area (Å²) in [6.45, 7) is 0. The second-order valence-corrected chi connectivity index (χ2v) is 4.14.